The Labute approximate surface area is 107 Å². The third-order valence-electron chi connectivity index (χ3n) is 2.24. The summed E-state index contributed by atoms with van der Waals surface area (Å²) >= 11 is 0. The normalized spacial score (nSPS) is 11.3. The van der Waals surface area contributed by atoms with Crippen LogP contribution in [-0.2, 0) is 0 Å². The summed E-state index contributed by atoms with van der Waals surface area (Å²) in [5, 5.41) is 0. The molecule has 0 unspecified atom stereocenters. The van der Waals surface area contributed by atoms with Gasteiger partial charge in [-0.15, -0.1) is 0 Å². The highest BCUT2D eigenvalue weighted by molar-refractivity contribution is 5.63. The topological polar surface area (TPSA) is 61.0 Å². The number of halogens is 3. The largest absolute Gasteiger partial charge is 0.482 e. The number of pyridine rings is 2. The smallest absolute Gasteiger partial charge is 0.422 e. The van der Waals surface area contributed by atoms with E-state index in [1.165, 1.54) is 24.7 Å². The molecular weight excluding hydrogens is 259 g/mol. The Bertz CT molecular complexity index is 555. The van der Waals surface area contributed by atoms with Crippen LogP contribution in [0.2, 0.25) is 0 Å². The zero-order valence-corrected chi connectivity index (χ0v) is 9.69. The maximum Gasteiger partial charge on any atom is 0.422 e. The Morgan fingerprint density at radius 2 is 1.89 bits per heavy atom. The number of nitrogen functional groups attached to an aromatic ring is 1. The summed E-state index contributed by atoms with van der Waals surface area (Å²) in [6.45, 7) is -1.35. The Morgan fingerprint density at radius 1 is 1.11 bits per heavy atom. The van der Waals surface area contributed by atoms with Gasteiger partial charge in [0.2, 0.25) is 0 Å². The van der Waals surface area contributed by atoms with Gasteiger partial charge in [-0.1, -0.05) is 0 Å². The second-order valence-electron chi connectivity index (χ2n) is 3.78. The molecule has 19 heavy (non-hydrogen) atoms. The van der Waals surface area contributed by atoms with Crippen LogP contribution in [0.5, 0.6) is 5.75 Å². The van der Waals surface area contributed by atoms with Gasteiger partial charge in [0, 0.05) is 23.5 Å². The van der Waals surface area contributed by atoms with Crippen LogP contribution in [-0.4, -0.2) is 22.8 Å². The van der Waals surface area contributed by atoms with Gasteiger partial charge in [0.15, 0.2) is 6.61 Å². The van der Waals surface area contributed by atoms with Gasteiger partial charge in [-0.25, -0.2) is 4.98 Å². The van der Waals surface area contributed by atoms with Gasteiger partial charge in [0.05, 0.1) is 6.20 Å². The van der Waals surface area contributed by atoms with Crippen molar-refractivity contribution < 1.29 is 17.9 Å². The summed E-state index contributed by atoms with van der Waals surface area (Å²) in [6.07, 6.45) is -0.133. The van der Waals surface area contributed by atoms with Crippen molar-refractivity contribution in [3.05, 3.63) is 36.8 Å². The van der Waals surface area contributed by atoms with Crippen molar-refractivity contribution in [2.75, 3.05) is 12.3 Å². The van der Waals surface area contributed by atoms with Gasteiger partial charge >= 0.3 is 6.18 Å². The lowest BCUT2D eigenvalue weighted by molar-refractivity contribution is -0.153. The number of hydrogen-bond acceptors (Lipinski definition) is 4. The van der Waals surface area contributed by atoms with E-state index in [1.807, 2.05) is 0 Å². The average molecular weight is 269 g/mol. The van der Waals surface area contributed by atoms with Crippen LogP contribution in [0.25, 0.3) is 11.1 Å². The minimum Gasteiger partial charge on any atom is -0.482 e. The van der Waals surface area contributed by atoms with E-state index in [1.54, 1.807) is 12.1 Å². The molecule has 0 aliphatic rings. The molecule has 0 aliphatic heterocycles. The minimum absolute atomic E-state index is 0.0478. The van der Waals surface area contributed by atoms with Crippen molar-refractivity contribution in [1.29, 1.82) is 0 Å². The summed E-state index contributed by atoms with van der Waals surface area (Å²) in [7, 11) is 0. The molecule has 0 spiro atoms. The molecule has 7 heteroatoms. The highest BCUT2D eigenvalue weighted by Gasteiger charge is 2.28. The van der Waals surface area contributed by atoms with Gasteiger partial charge in [-0.3, -0.25) is 4.98 Å². The van der Waals surface area contributed by atoms with Crippen molar-refractivity contribution in [3.63, 3.8) is 0 Å². The lowest BCUT2D eigenvalue weighted by atomic mass is 10.1. The molecule has 100 valence electrons. The molecule has 0 fully saturated rings. The molecule has 0 radical (unpaired) electrons. The second-order valence-corrected chi connectivity index (χ2v) is 3.78. The van der Waals surface area contributed by atoms with Crippen LogP contribution in [0.4, 0.5) is 19.0 Å². The minimum atomic E-state index is -4.38. The Kier molecular flexibility index (Phi) is 3.55. The van der Waals surface area contributed by atoms with Crippen molar-refractivity contribution >= 4 is 5.82 Å². The first kappa shape index (κ1) is 13.1. The highest BCUT2D eigenvalue weighted by atomic mass is 19.4. The van der Waals surface area contributed by atoms with Gasteiger partial charge in [-0.2, -0.15) is 13.2 Å². The maximum absolute atomic E-state index is 12.0. The quantitative estimate of drug-likeness (QED) is 0.930. The predicted octanol–water partition coefficient (Wildman–Crippen LogP) is 2.67. The van der Waals surface area contributed by atoms with Crippen LogP contribution in [0.15, 0.2) is 36.8 Å². The molecule has 2 rings (SSSR count). The fraction of sp³-hybridized carbons (Fsp3) is 0.167. The molecule has 4 nitrogen and oxygen atoms in total. The average Bonchev–Trinajstić information content (AvgIpc) is 2.37. The Hall–Kier alpha value is -2.31. The van der Waals surface area contributed by atoms with Crippen LogP contribution in [0.1, 0.15) is 0 Å². The van der Waals surface area contributed by atoms with E-state index in [2.05, 4.69) is 14.7 Å². The van der Waals surface area contributed by atoms with E-state index >= 15 is 0 Å². The van der Waals surface area contributed by atoms with Crippen LogP contribution in [0.3, 0.4) is 0 Å². The zero-order valence-electron chi connectivity index (χ0n) is 9.69. The Balaban J connectivity index is 2.17. The molecule has 0 saturated heterocycles. The first-order chi connectivity index (χ1) is 8.94. The van der Waals surface area contributed by atoms with Gasteiger partial charge in [0.25, 0.3) is 0 Å². The van der Waals surface area contributed by atoms with Gasteiger partial charge in [0.1, 0.15) is 11.6 Å². The molecule has 2 aromatic heterocycles. The SMILES string of the molecule is Nc1ccc(-c2cncc(OCC(F)(F)F)c2)cn1. The summed E-state index contributed by atoms with van der Waals surface area (Å²) in [6, 6.07) is 4.76. The van der Waals surface area contributed by atoms with E-state index in [0.29, 0.717) is 16.9 Å². The number of nitrogens with zero attached hydrogens (tertiary/aromatic N) is 2. The first-order valence-electron chi connectivity index (χ1n) is 5.30. The molecule has 0 amide bonds. The summed E-state index contributed by atoms with van der Waals surface area (Å²) in [5.74, 6) is 0.410. The van der Waals surface area contributed by atoms with E-state index in [0.717, 1.165) is 0 Å². The fourth-order valence-electron chi connectivity index (χ4n) is 1.40. The predicted molar refractivity (Wildman–Crippen MR) is 63.4 cm³/mol. The van der Waals surface area contributed by atoms with Gasteiger partial charge < -0.3 is 10.5 Å². The number of nitrogens with two attached hydrogens (primary N) is 1. The van der Waals surface area contributed by atoms with E-state index < -0.39 is 12.8 Å². The molecular formula is C12H10F3N3O. The number of ether oxygens (including phenoxy) is 1. The Morgan fingerprint density at radius 3 is 2.53 bits per heavy atom. The standard InChI is InChI=1S/C12H10F3N3O/c13-12(14,15)7-19-10-3-9(4-17-6-10)8-1-2-11(16)18-5-8/h1-6H,7H2,(H2,16,18). The maximum atomic E-state index is 12.0. The number of anilines is 1. The lowest BCUT2D eigenvalue weighted by Crippen LogP contribution is -2.19. The fourth-order valence-corrected chi connectivity index (χ4v) is 1.40. The van der Waals surface area contributed by atoms with E-state index in [-0.39, 0.29) is 5.75 Å². The lowest BCUT2D eigenvalue weighted by Gasteiger charge is -2.09. The van der Waals surface area contributed by atoms with E-state index in [9.17, 15) is 13.2 Å². The molecule has 2 aromatic rings. The summed E-state index contributed by atoms with van der Waals surface area (Å²) < 4.78 is 40.7. The van der Waals surface area contributed by atoms with Crippen molar-refractivity contribution in [3.8, 4) is 16.9 Å². The monoisotopic (exact) mass is 269 g/mol. The molecule has 0 saturated carbocycles. The number of aromatic nitrogens is 2. The zero-order chi connectivity index (χ0) is 13.9. The van der Waals surface area contributed by atoms with E-state index in [4.69, 9.17) is 5.73 Å². The number of hydrogen-bond donors (Lipinski definition) is 1. The van der Waals surface area contributed by atoms with Crippen LogP contribution in [0, 0.1) is 0 Å². The van der Waals surface area contributed by atoms with Crippen molar-refractivity contribution in [1.82, 2.24) is 9.97 Å². The van der Waals surface area contributed by atoms with Gasteiger partial charge in [-0.05, 0) is 18.2 Å². The molecule has 2 heterocycles. The summed E-state index contributed by atoms with van der Waals surface area (Å²) in [4.78, 5) is 7.73. The van der Waals surface area contributed by atoms with Crippen LogP contribution >= 0.6 is 0 Å². The van der Waals surface area contributed by atoms with Crippen molar-refractivity contribution in [2.45, 2.75) is 6.18 Å². The second kappa shape index (κ2) is 5.13. The molecule has 0 aromatic carbocycles. The molecule has 2 N–H and O–H groups in total. The third kappa shape index (κ3) is 3.84. The highest BCUT2D eigenvalue weighted by Crippen LogP contribution is 2.24. The molecule has 0 bridgehead atoms. The first-order valence-corrected chi connectivity index (χ1v) is 5.30. The molecule has 0 aliphatic carbocycles. The van der Waals surface area contributed by atoms with Crippen molar-refractivity contribution in [2.24, 2.45) is 0 Å². The third-order valence-corrected chi connectivity index (χ3v) is 2.24. The summed E-state index contributed by atoms with van der Waals surface area (Å²) in [5.41, 5.74) is 6.75. The number of rotatable bonds is 3. The molecule has 0 atom stereocenters. The van der Waals surface area contributed by atoms with Crippen LogP contribution < -0.4 is 10.5 Å². The number of alkyl halides is 3.